The van der Waals surface area contributed by atoms with Crippen molar-refractivity contribution in [3.8, 4) is 0 Å². The van der Waals surface area contributed by atoms with E-state index in [1.54, 1.807) is 6.26 Å². The predicted octanol–water partition coefficient (Wildman–Crippen LogP) is 3.48. The Morgan fingerprint density at radius 2 is 1.76 bits per heavy atom. The second-order valence-electron chi connectivity index (χ2n) is 8.03. The van der Waals surface area contributed by atoms with Crippen LogP contribution >= 0.6 is 0 Å². The lowest BCUT2D eigenvalue weighted by Gasteiger charge is -2.35. The van der Waals surface area contributed by atoms with Crippen molar-refractivity contribution in [1.82, 2.24) is 10.6 Å². The average molecular weight is 396 g/mol. The van der Waals surface area contributed by atoms with E-state index in [1.807, 2.05) is 36.4 Å². The fraction of sp³-hybridized carbons (Fsp3) is 0.478. The van der Waals surface area contributed by atoms with Crippen LogP contribution in [0.4, 0.5) is 5.69 Å². The van der Waals surface area contributed by atoms with Crippen LogP contribution in [-0.2, 0) is 11.3 Å². The summed E-state index contributed by atoms with van der Waals surface area (Å²) >= 11 is 0. The summed E-state index contributed by atoms with van der Waals surface area (Å²) < 4.78 is 5.29. The monoisotopic (exact) mass is 395 g/mol. The third-order valence-electron chi connectivity index (χ3n) is 6.06. The number of carbonyl (C=O) groups is 2. The molecule has 1 saturated carbocycles. The summed E-state index contributed by atoms with van der Waals surface area (Å²) in [7, 11) is 0. The van der Waals surface area contributed by atoms with Gasteiger partial charge in [0.25, 0.3) is 5.91 Å². The van der Waals surface area contributed by atoms with Gasteiger partial charge in [-0.15, -0.1) is 0 Å². The number of para-hydroxylation sites is 1. The molecule has 0 atom stereocenters. The topological polar surface area (TPSA) is 74.6 Å². The second-order valence-corrected chi connectivity index (χ2v) is 8.03. The summed E-state index contributed by atoms with van der Waals surface area (Å²) in [6.45, 7) is 2.03. The van der Waals surface area contributed by atoms with E-state index in [9.17, 15) is 9.59 Å². The van der Waals surface area contributed by atoms with Crippen LogP contribution in [0, 0.1) is 5.92 Å². The lowest BCUT2D eigenvalue weighted by Crippen LogP contribution is -2.46. The van der Waals surface area contributed by atoms with Gasteiger partial charge in [0.2, 0.25) is 5.91 Å². The number of furan rings is 1. The van der Waals surface area contributed by atoms with Gasteiger partial charge in [-0.05, 0) is 49.9 Å². The van der Waals surface area contributed by atoms with E-state index in [0.29, 0.717) is 12.1 Å². The van der Waals surface area contributed by atoms with Gasteiger partial charge >= 0.3 is 0 Å². The molecule has 6 nitrogen and oxygen atoms in total. The molecule has 0 spiro atoms. The third kappa shape index (κ3) is 4.81. The maximum Gasteiger partial charge on any atom is 0.253 e. The molecule has 0 unspecified atom stereocenters. The molecule has 2 fully saturated rings. The highest BCUT2D eigenvalue weighted by Crippen LogP contribution is 2.27. The highest BCUT2D eigenvalue weighted by molar-refractivity contribution is 5.99. The van der Waals surface area contributed by atoms with E-state index >= 15 is 0 Å². The van der Waals surface area contributed by atoms with Crippen LogP contribution in [0.3, 0.4) is 0 Å². The van der Waals surface area contributed by atoms with Gasteiger partial charge in [-0.2, -0.15) is 0 Å². The van der Waals surface area contributed by atoms with Gasteiger partial charge in [0, 0.05) is 30.7 Å². The summed E-state index contributed by atoms with van der Waals surface area (Å²) in [4.78, 5) is 27.4. The lowest BCUT2D eigenvalue weighted by molar-refractivity contribution is -0.125. The molecule has 4 rings (SSSR count). The number of amides is 2. The standard InChI is InChI=1S/C23H29N3O3/c27-22(17-6-1-2-7-17)25-18-11-13-26(14-12-18)21-10-4-3-9-20(21)23(28)24-16-19-8-5-15-29-19/h3-5,8-10,15,17-18H,1-2,6-7,11-14,16H2,(H,24,28)(H,25,27). The highest BCUT2D eigenvalue weighted by atomic mass is 16.3. The van der Waals surface area contributed by atoms with Gasteiger partial charge in [-0.25, -0.2) is 0 Å². The number of benzene rings is 1. The minimum absolute atomic E-state index is 0.103. The number of anilines is 1. The molecule has 1 aliphatic heterocycles. The first kappa shape index (κ1) is 19.6. The molecule has 154 valence electrons. The van der Waals surface area contributed by atoms with Gasteiger partial charge in [-0.3, -0.25) is 9.59 Å². The molecule has 2 aliphatic rings. The van der Waals surface area contributed by atoms with E-state index in [-0.39, 0.29) is 23.8 Å². The number of nitrogens with zero attached hydrogens (tertiary/aromatic N) is 1. The Morgan fingerprint density at radius 1 is 1.00 bits per heavy atom. The molecule has 1 saturated heterocycles. The minimum Gasteiger partial charge on any atom is -0.467 e. The third-order valence-corrected chi connectivity index (χ3v) is 6.06. The molecule has 2 heterocycles. The van der Waals surface area contributed by atoms with Crippen LogP contribution in [0.25, 0.3) is 0 Å². The SMILES string of the molecule is O=C(NCc1ccco1)c1ccccc1N1CCC(NC(=O)C2CCCC2)CC1. The lowest BCUT2D eigenvalue weighted by atomic mass is 10.0. The molecule has 0 bridgehead atoms. The smallest absolute Gasteiger partial charge is 0.253 e. The molecular formula is C23H29N3O3. The Kier molecular flexibility index (Phi) is 6.17. The molecule has 29 heavy (non-hydrogen) atoms. The molecule has 2 aromatic rings. The normalized spacial score (nSPS) is 18.0. The van der Waals surface area contributed by atoms with Crippen molar-refractivity contribution in [2.24, 2.45) is 5.92 Å². The Bertz CT molecular complexity index is 820. The predicted molar refractivity (Wildman–Crippen MR) is 112 cm³/mol. The molecule has 0 radical (unpaired) electrons. The number of hydrogen-bond acceptors (Lipinski definition) is 4. The summed E-state index contributed by atoms with van der Waals surface area (Å²) in [6.07, 6.45) is 7.83. The van der Waals surface area contributed by atoms with Gasteiger partial charge in [0.05, 0.1) is 18.4 Å². The van der Waals surface area contributed by atoms with Crippen molar-refractivity contribution in [3.63, 3.8) is 0 Å². The largest absolute Gasteiger partial charge is 0.467 e. The summed E-state index contributed by atoms with van der Waals surface area (Å²) in [5, 5.41) is 6.18. The second kappa shape index (κ2) is 9.16. The Labute approximate surface area is 171 Å². The number of piperidine rings is 1. The maximum absolute atomic E-state index is 12.7. The Balaban J connectivity index is 1.33. The van der Waals surface area contributed by atoms with Crippen molar-refractivity contribution in [3.05, 3.63) is 54.0 Å². The van der Waals surface area contributed by atoms with Crippen LogP contribution in [0.1, 0.15) is 54.6 Å². The maximum atomic E-state index is 12.7. The fourth-order valence-corrected chi connectivity index (χ4v) is 4.39. The van der Waals surface area contributed by atoms with Crippen molar-refractivity contribution < 1.29 is 14.0 Å². The van der Waals surface area contributed by atoms with E-state index in [4.69, 9.17) is 4.42 Å². The van der Waals surface area contributed by atoms with Crippen molar-refractivity contribution in [1.29, 1.82) is 0 Å². The van der Waals surface area contributed by atoms with Gasteiger partial charge < -0.3 is 20.0 Å². The van der Waals surface area contributed by atoms with Crippen molar-refractivity contribution >= 4 is 17.5 Å². The van der Waals surface area contributed by atoms with E-state index in [2.05, 4.69) is 15.5 Å². The zero-order chi connectivity index (χ0) is 20.1. The summed E-state index contributed by atoms with van der Waals surface area (Å²) in [5.74, 6) is 1.08. The zero-order valence-electron chi connectivity index (χ0n) is 16.7. The van der Waals surface area contributed by atoms with Crippen molar-refractivity contribution in [2.45, 2.75) is 51.1 Å². The quantitative estimate of drug-likeness (QED) is 0.785. The number of carbonyl (C=O) groups excluding carboxylic acids is 2. The Hall–Kier alpha value is -2.76. The van der Waals surface area contributed by atoms with Crippen LogP contribution in [-0.4, -0.2) is 30.9 Å². The van der Waals surface area contributed by atoms with Gasteiger partial charge in [0.1, 0.15) is 5.76 Å². The molecule has 6 heteroatoms. The van der Waals surface area contributed by atoms with Crippen LogP contribution < -0.4 is 15.5 Å². The number of rotatable bonds is 6. The number of hydrogen-bond donors (Lipinski definition) is 2. The molecule has 1 aromatic carbocycles. The first-order chi connectivity index (χ1) is 14.2. The minimum atomic E-state index is -0.103. The Morgan fingerprint density at radius 3 is 2.48 bits per heavy atom. The first-order valence-corrected chi connectivity index (χ1v) is 10.7. The van der Waals surface area contributed by atoms with Crippen LogP contribution in [0.2, 0.25) is 0 Å². The fourth-order valence-electron chi connectivity index (χ4n) is 4.39. The average Bonchev–Trinajstić information content (AvgIpc) is 3.47. The van der Waals surface area contributed by atoms with Crippen molar-refractivity contribution in [2.75, 3.05) is 18.0 Å². The number of nitrogens with one attached hydrogen (secondary N) is 2. The molecule has 1 aromatic heterocycles. The zero-order valence-corrected chi connectivity index (χ0v) is 16.7. The molecule has 2 amide bonds. The summed E-state index contributed by atoms with van der Waals surface area (Å²) in [5.41, 5.74) is 1.62. The molecular weight excluding hydrogens is 366 g/mol. The first-order valence-electron chi connectivity index (χ1n) is 10.7. The molecule has 2 N–H and O–H groups in total. The molecule has 1 aliphatic carbocycles. The highest BCUT2D eigenvalue weighted by Gasteiger charge is 2.27. The van der Waals surface area contributed by atoms with Gasteiger partial charge in [-0.1, -0.05) is 25.0 Å². The van der Waals surface area contributed by atoms with Gasteiger partial charge in [0.15, 0.2) is 0 Å². The van der Waals surface area contributed by atoms with Crippen LogP contribution in [0.15, 0.2) is 47.1 Å². The van der Waals surface area contributed by atoms with E-state index < -0.39 is 0 Å². The van der Waals surface area contributed by atoms with Crippen LogP contribution in [0.5, 0.6) is 0 Å². The van der Waals surface area contributed by atoms with E-state index in [0.717, 1.165) is 50.2 Å². The summed E-state index contributed by atoms with van der Waals surface area (Å²) in [6, 6.07) is 11.6. The van der Waals surface area contributed by atoms with E-state index in [1.165, 1.54) is 12.8 Å².